The Hall–Kier alpha value is -1.39. The largest absolute Gasteiger partial charge is 0.476 e. The van der Waals surface area contributed by atoms with Crippen LogP contribution in [0.3, 0.4) is 0 Å². The van der Waals surface area contributed by atoms with Gasteiger partial charge in [0.15, 0.2) is 11.5 Å². The van der Waals surface area contributed by atoms with Crippen molar-refractivity contribution in [3.63, 3.8) is 0 Å². The first-order valence-corrected chi connectivity index (χ1v) is 9.48. The van der Waals surface area contributed by atoms with Crippen LogP contribution in [0.1, 0.15) is 6.92 Å². The second-order valence-corrected chi connectivity index (χ2v) is 7.81. The van der Waals surface area contributed by atoms with Gasteiger partial charge in [0.05, 0.1) is 19.0 Å². The maximum Gasteiger partial charge on any atom is 0.476 e. The Labute approximate surface area is 130 Å². The fourth-order valence-corrected chi connectivity index (χ4v) is 3.73. The minimum Gasteiger partial charge on any atom is -0.382 e. The first-order valence-electron chi connectivity index (χ1n) is 6.19. The Morgan fingerprint density at radius 1 is 1.30 bits per heavy atom. The molecule has 0 saturated heterocycles. The lowest BCUT2D eigenvalue weighted by molar-refractivity contribution is 0.0758. The van der Waals surface area contributed by atoms with E-state index in [1.54, 1.807) is 11.5 Å². The second-order valence-electron chi connectivity index (χ2n) is 4.64. The lowest BCUT2D eigenvalue weighted by atomic mass is 10.4. The van der Waals surface area contributed by atoms with Crippen molar-refractivity contribution in [2.24, 2.45) is 0 Å². The van der Waals surface area contributed by atoms with Crippen LogP contribution in [0.15, 0.2) is 12.7 Å². The lowest BCUT2D eigenvalue weighted by Crippen LogP contribution is -2.17. The molecule has 2 aromatic rings. The number of rotatable bonds is 7. The molecule has 0 aliphatic carbocycles. The van der Waals surface area contributed by atoms with Gasteiger partial charge in [-0.25, -0.2) is 23.8 Å². The summed E-state index contributed by atoms with van der Waals surface area (Å²) in [7, 11) is -9.65. The molecule has 0 bridgehead atoms. The Bertz CT molecular complexity index is 790. The van der Waals surface area contributed by atoms with E-state index in [0.29, 0.717) is 11.2 Å². The molecule has 2 rings (SSSR count). The van der Waals surface area contributed by atoms with E-state index in [1.165, 1.54) is 12.7 Å². The molecule has 14 heteroatoms. The molecular weight excluding hydrogens is 352 g/mol. The second kappa shape index (κ2) is 6.62. The van der Waals surface area contributed by atoms with Gasteiger partial charge in [0.2, 0.25) is 0 Å². The molecule has 0 aliphatic rings. The Morgan fingerprint density at radius 3 is 2.65 bits per heavy atom. The van der Waals surface area contributed by atoms with Crippen molar-refractivity contribution < 1.29 is 32.9 Å². The maximum atomic E-state index is 11.5. The summed E-state index contributed by atoms with van der Waals surface area (Å²) >= 11 is 0. The van der Waals surface area contributed by atoms with Gasteiger partial charge >= 0.3 is 15.4 Å². The summed E-state index contributed by atoms with van der Waals surface area (Å²) in [5.41, 5.74) is 6.54. The Morgan fingerprint density at radius 2 is 2.00 bits per heavy atom. The zero-order valence-corrected chi connectivity index (χ0v) is 13.7. The number of ether oxygens (including phenoxy) is 1. The molecular formula is C9H15N5O7P2. The van der Waals surface area contributed by atoms with Gasteiger partial charge in [0.1, 0.15) is 18.2 Å². The first-order chi connectivity index (χ1) is 10.6. The van der Waals surface area contributed by atoms with E-state index in [-0.39, 0.29) is 12.4 Å². The fraction of sp³-hybridized carbons (Fsp3) is 0.444. The summed E-state index contributed by atoms with van der Waals surface area (Å²) in [5.74, 6) is 0.220. The number of nitrogen functional groups attached to an aromatic ring is 1. The van der Waals surface area contributed by atoms with Crippen LogP contribution < -0.4 is 5.73 Å². The topological polar surface area (TPSA) is 183 Å². The van der Waals surface area contributed by atoms with Crippen LogP contribution in [0.25, 0.3) is 11.2 Å². The van der Waals surface area contributed by atoms with E-state index in [4.69, 9.17) is 20.3 Å². The van der Waals surface area contributed by atoms with Gasteiger partial charge in [-0.3, -0.25) is 4.57 Å². The molecule has 2 atom stereocenters. The smallest absolute Gasteiger partial charge is 0.382 e. The molecule has 2 heterocycles. The van der Waals surface area contributed by atoms with Gasteiger partial charge in [0.25, 0.3) is 0 Å². The van der Waals surface area contributed by atoms with Crippen molar-refractivity contribution in [3.05, 3.63) is 12.7 Å². The number of phosphoric acid groups is 1. The normalized spacial score (nSPS) is 16.3. The summed E-state index contributed by atoms with van der Waals surface area (Å²) < 4.78 is 32.5. The predicted molar refractivity (Wildman–Crippen MR) is 78.1 cm³/mol. The zero-order valence-electron chi connectivity index (χ0n) is 11.9. The van der Waals surface area contributed by atoms with E-state index in [1.807, 2.05) is 0 Å². The standard InChI is InChI=1S/C9H15N5O7P2/c1-6(20-5-22(15,16)21-23(17,18)19)2-14-4-13-7-8(10)11-3-12-9(7)14/h3-4,6H,2,5H2,1H3,(H,15,16)(H2,10,11,12)(H2,17,18,19)/t6-/m1/s1. The van der Waals surface area contributed by atoms with Crippen molar-refractivity contribution in [2.75, 3.05) is 12.1 Å². The summed E-state index contributed by atoms with van der Waals surface area (Å²) in [6.07, 6.45) is 1.27. The number of hydrogen-bond donors (Lipinski definition) is 4. The first kappa shape index (κ1) is 18.0. The van der Waals surface area contributed by atoms with Gasteiger partial charge in [-0.2, -0.15) is 0 Å². The highest BCUT2D eigenvalue weighted by Crippen LogP contribution is 2.56. The summed E-state index contributed by atoms with van der Waals surface area (Å²) in [6.45, 7) is 1.80. The van der Waals surface area contributed by atoms with Crippen molar-refractivity contribution >= 4 is 32.4 Å². The zero-order chi connectivity index (χ0) is 17.3. The third-order valence-electron chi connectivity index (χ3n) is 2.64. The van der Waals surface area contributed by atoms with Gasteiger partial charge < -0.3 is 29.7 Å². The SMILES string of the molecule is C[C@H](Cn1cnc2c(N)ncnc21)OCP(=O)(O)OP(=O)(O)O. The monoisotopic (exact) mass is 367 g/mol. The van der Waals surface area contributed by atoms with Crippen LogP contribution in [0.2, 0.25) is 0 Å². The van der Waals surface area contributed by atoms with E-state index in [2.05, 4.69) is 19.3 Å². The minimum absolute atomic E-state index is 0.211. The van der Waals surface area contributed by atoms with Crippen LogP contribution >= 0.6 is 15.4 Å². The number of hydrogen-bond acceptors (Lipinski definition) is 8. The summed E-state index contributed by atoms with van der Waals surface area (Å²) in [5, 5.41) is 0. The minimum atomic E-state index is -5.08. The van der Waals surface area contributed by atoms with Crippen LogP contribution in [0, 0.1) is 0 Å². The van der Waals surface area contributed by atoms with Crippen LogP contribution in [0.5, 0.6) is 0 Å². The molecule has 23 heavy (non-hydrogen) atoms. The van der Waals surface area contributed by atoms with E-state index in [0.717, 1.165) is 0 Å². The number of aromatic nitrogens is 4. The molecule has 0 aliphatic heterocycles. The number of fused-ring (bicyclic) bond motifs is 1. The summed E-state index contributed by atoms with van der Waals surface area (Å²) in [6, 6.07) is 0. The van der Waals surface area contributed by atoms with Gasteiger partial charge in [-0.1, -0.05) is 0 Å². The predicted octanol–water partition coefficient (Wildman–Crippen LogP) is 0.0658. The average molecular weight is 367 g/mol. The van der Waals surface area contributed by atoms with Gasteiger partial charge in [0, 0.05) is 0 Å². The molecule has 1 unspecified atom stereocenters. The van der Waals surface area contributed by atoms with Crippen molar-refractivity contribution in [1.29, 1.82) is 0 Å². The quantitative estimate of drug-likeness (QED) is 0.485. The molecule has 0 radical (unpaired) electrons. The number of nitrogens with two attached hydrogens (primary N) is 1. The molecule has 0 aromatic carbocycles. The highest BCUT2D eigenvalue weighted by atomic mass is 31.3. The van der Waals surface area contributed by atoms with E-state index >= 15 is 0 Å². The van der Waals surface area contributed by atoms with Gasteiger partial charge in [-0.15, -0.1) is 0 Å². The molecule has 0 fully saturated rings. The molecule has 12 nitrogen and oxygen atoms in total. The van der Waals surface area contributed by atoms with Crippen LogP contribution in [-0.4, -0.2) is 46.7 Å². The lowest BCUT2D eigenvalue weighted by Gasteiger charge is -2.17. The molecule has 5 N–H and O–H groups in total. The number of nitrogens with zero attached hydrogens (tertiary/aromatic N) is 4. The van der Waals surface area contributed by atoms with Crippen LogP contribution in [-0.2, 0) is 24.7 Å². The maximum absolute atomic E-state index is 11.5. The van der Waals surface area contributed by atoms with Gasteiger partial charge in [-0.05, 0) is 6.92 Å². The number of anilines is 1. The molecule has 0 saturated carbocycles. The molecule has 0 amide bonds. The fourth-order valence-electron chi connectivity index (χ4n) is 1.77. The number of imidazole rings is 1. The van der Waals surface area contributed by atoms with Crippen molar-refractivity contribution in [2.45, 2.75) is 19.6 Å². The Kier molecular flexibility index (Phi) is 5.17. The van der Waals surface area contributed by atoms with E-state index in [9.17, 15) is 14.0 Å². The van der Waals surface area contributed by atoms with Crippen molar-refractivity contribution in [3.8, 4) is 0 Å². The highest BCUT2D eigenvalue weighted by Gasteiger charge is 2.31. The van der Waals surface area contributed by atoms with Crippen LogP contribution in [0.4, 0.5) is 5.82 Å². The highest BCUT2D eigenvalue weighted by molar-refractivity contribution is 7.63. The molecule has 2 aromatic heterocycles. The summed E-state index contributed by atoms with van der Waals surface area (Å²) in [4.78, 5) is 38.2. The molecule has 128 valence electrons. The van der Waals surface area contributed by atoms with E-state index < -0.39 is 27.9 Å². The third-order valence-corrected chi connectivity index (χ3v) is 4.99. The third kappa shape index (κ3) is 5.05. The molecule has 0 spiro atoms. The van der Waals surface area contributed by atoms with Crippen molar-refractivity contribution in [1.82, 2.24) is 19.5 Å². The average Bonchev–Trinajstić information content (AvgIpc) is 2.79. The Balaban J connectivity index is 1.99.